The standard InChI is InChI=1S/C24H33N3O2/c1-18(2)20-8-10-21(11-9-20)23(25)15-26-24(28)14-22-17-27(12-13-29-22)16-19-6-4-3-5-7-19/h3-11,18,22-23H,12-17,25H2,1-2H3,(H,26,28). The molecular formula is C24H33N3O2. The lowest BCUT2D eigenvalue weighted by Gasteiger charge is -2.32. The average Bonchev–Trinajstić information content (AvgIpc) is 2.73. The number of morpholine rings is 1. The van der Waals surface area contributed by atoms with Crippen molar-refractivity contribution in [2.24, 2.45) is 5.73 Å². The third-order valence-electron chi connectivity index (χ3n) is 5.44. The van der Waals surface area contributed by atoms with E-state index >= 15 is 0 Å². The molecule has 1 heterocycles. The Morgan fingerprint density at radius 1 is 1.14 bits per heavy atom. The lowest BCUT2D eigenvalue weighted by molar-refractivity contribution is -0.126. The molecule has 3 rings (SSSR count). The molecule has 0 aromatic heterocycles. The van der Waals surface area contributed by atoms with Gasteiger partial charge in [-0.05, 0) is 22.6 Å². The van der Waals surface area contributed by atoms with E-state index in [2.05, 4.69) is 72.6 Å². The van der Waals surface area contributed by atoms with Crippen molar-refractivity contribution in [1.29, 1.82) is 0 Å². The first-order chi connectivity index (χ1) is 14.0. The number of hydrogen-bond acceptors (Lipinski definition) is 4. The van der Waals surface area contributed by atoms with Crippen molar-refractivity contribution in [3.63, 3.8) is 0 Å². The monoisotopic (exact) mass is 395 g/mol. The van der Waals surface area contributed by atoms with Crippen molar-refractivity contribution in [3.8, 4) is 0 Å². The molecule has 2 aromatic rings. The summed E-state index contributed by atoms with van der Waals surface area (Å²) in [5, 5.41) is 2.97. The van der Waals surface area contributed by atoms with E-state index in [1.807, 2.05) is 6.07 Å². The van der Waals surface area contributed by atoms with Gasteiger partial charge in [0.05, 0.1) is 19.1 Å². The van der Waals surface area contributed by atoms with Crippen molar-refractivity contribution in [1.82, 2.24) is 10.2 Å². The van der Waals surface area contributed by atoms with Gasteiger partial charge in [0.25, 0.3) is 0 Å². The highest BCUT2D eigenvalue weighted by Gasteiger charge is 2.23. The van der Waals surface area contributed by atoms with Gasteiger partial charge in [-0.1, -0.05) is 68.4 Å². The van der Waals surface area contributed by atoms with Gasteiger partial charge in [-0.15, -0.1) is 0 Å². The van der Waals surface area contributed by atoms with Gasteiger partial charge in [0.15, 0.2) is 0 Å². The zero-order valence-electron chi connectivity index (χ0n) is 17.5. The summed E-state index contributed by atoms with van der Waals surface area (Å²) in [4.78, 5) is 14.7. The number of carbonyl (C=O) groups is 1. The third-order valence-corrected chi connectivity index (χ3v) is 5.44. The molecule has 156 valence electrons. The minimum atomic E-state index is -0.206. The quantitative estimate of drug-likeness (QED) is 0.720. The van der Waals surface area contributed by atoms with Crippen molar-refractivity contribution in [2.75, 3.05) is 26.2 Å². The predicted molar refractivity (Wildman–Crippen MR) is 117 cm³/mol. The zero-order valence-corrected chi connectivity index (χ0v) is 17.5. The number of rotatable bonds is 8. The summed E-state index contributed by atoms with van der Waals surface area (Å²) in [7, 11) is 0. The molecule has 0 aliphatic carbocycles. The van der Waals surface area contributed by atoms with Crippen molar-refractivity contribution >= 4 is 5.91 Å². The van der Waals surface area contributed by atoms with Crippen LogP contribution in [0.15, 0.2) is 54.6 Å². The second-order valence-electron chi connectivity index (χ2n) is 8.15. The van der Waals surface area contributed by atoms with Crippen LogP contribution in [-0.4, -0.2) is 43.2 Å². The molecule has 0 saturated carbocycles. The summed E-state index contributed by atoms with van der Waals surface area (Å²) in [5.74, 6) is 0.489. The maximum Gasteiger partial charge on any atom is 0.222 e. The Morgan fingerprint density at radius 3 is 2.52 bits per heavy atom. The molecule has 5 nitrogen and oxygen atoms in total. The Hall–Kier alpha value is -2.21. The first kappa shape index (κ1) is 21.5. The molecule has 1 saturated heterocycles. The first-order valence-electron chi connectivity index (χ1n) is 10.5. The molecule has 0 radical (unpaired) electrons. The summed E-state index contributed by atoms with van der Waals surface area (Å²) < 4.78 is 5.81. The summed E-state index contributed by atoms with van der Waals surface area (Å²) in [5.41, 5.74) is 9.87. The Morgan fingerprint density at radius 2 is 1.83 bits per heavy atom. The molecular weight excluding hydrogens is 362 g/mol. The lowest BCUT2D eigenvalue weighted by atomic mass is 9.99. The van der Waals surface area contributed by atoms with E-state index in [1.165, 1.54) is 11.1 Å². The number of ether oxygens (including phenoxy) is 1. The topological polar surface area (TPSA) is 67.6 Å². The summed E-state index contributed by atoms with van der Waals surface area (Å²) in [6.07, 6.45) is 0.290. The Kier molecular flexibility index (Phi) is 7.81. The molecule has 0 spiro atoms. The van der Waals surface area contributed by atoms with Crippen LogP contribution in [0.3, 0.4) is 0 Å². The van der Waals surface area contributed by atoms with Crippen LogP contribution in [0.2, 0.25) is 0 Å². The van der Waals surface area contributed by atoms with Crippen molar-refractivity contribution < 1.29 is 9.53 Å². The van der Waals surface area contributed by atoms with E-state index in [9.17, 15) is 4.79 Å². The maximum absolute atomic E-state index is 12.4. The molecule has 29 heavy (non-hydrogen) atoms. The smallest absolute Gasteiger partial charge is 0.222 e. The largest absolute Gasteiger partial charge is 0.375 e. The molecule has 2 aromatic carbocycles. The molecule has 3 N–H and O–H groups in total. The van der Waals surface area contributed by atoms with Gasteiger partial charge in [0.2, 0.25) is 5.91 Å². The Labute approximate surface area is 174 Å². The maximum atomic E-state index is 12.4. The van der Waals surface area contributed by atoms with E-state index in [1.54, 1.807) is 0 Å². The number of nitrogens with two attached hydrogens (primary N) is 1. The first-order valence-corrected chi connectivity index (χ1v) is 10.5. The Bertz CT molecular complexity index is 761. The van der Waals surface area contributed by atoms with Crippen LogP contribution in [0.25, 0.3) is 0 Å². The number of carbonyl (C=O) groups excluding carboxylic acids is 1. The molecule has 0 bridgehead atoms. The van der Waals surface area contributed by atoms with Crippen LogP contribution in [-0.2, 0) is 16.1 Å². The summed E-state index contributed by atoms with van der Waals surface area (Å²) in [6.45, 7) is 7.98. The molecule has 2 atom stereocenters. The highest BCUT2D eigenvalue weighted by molar-refractivity contribution is 5.76. The van der Waals surface area contributed by atoms with E-state index in [0.717, 1.165) is 25.2 Å². The van der Waals surface area contributed by atoms with E-state index in [0.29, 0.717) is 25.5 Å². The van der Waals surface area contributed by atoms with E-state index in [-0.39, 0.29) is 18.1 Å². The lowest BCUT2D eigenvalue weighted by Crippen LogP contribution is -2.44. The minimum Gasteiger partial charge on any atom is -0.375 e. The average molecular weight is 396 g/mol. The van der Waals surface area contributed by atoms with Gasteiger partial charge >= 0.3 is 0 Å². The molecule has 1 amide bonds. The number of nitrogens with zero attached hydrogens (tertiary/aromatic N) is 1. The van der Waals surface area contributed by atoms with Crippen molar-refractivity contribution in [3.05, 3.63) is 71.3 Å². The Balaban J connectivity index is 1.42. The molecule has 5 heteroatoms. The van der Waals surface area contributed by atoms with Gasteiger partial charge in [-0.25, -0.2) is 0 Å². The molecule has 1 aliphatic rings. The minimum absolute atomic E-state index is 0.00851. The SMILES string of the molecule is CC(C)c1ccc(C(N)CNC(=O)CC2CN(Cc3ccccc3)CCO2)cc1. The molecule has 1 aliphatic heterocycles. The van der Waals surface area contributed by atoms with Crippen LogP contribution < -0.4 is 11.1 Å². The summed E-state index contributed by atoms with van der Waals surface area (Å²) >= 11 is 0. The van der Waals surface area contributed by atoms with Gasteiger partial charge < -0.3 is 15.8 Å². The number of amides is 1. The second-order valence-corrected chi connectivity index (χ2v) is 8.15. The highest BCUT2D eigenvalue weighted by atomic mass is 16.5. The van der Waals surface area contributed by atoms with Crippen LogP contribution in [0.1, 0.15) is 48.9 Å². The van der Waals surface area contributed by atoms with Gasteiger partial charge in [-0.3, -0.25) is 9.69 Å². The fraction of sp³-hybridized carbons (Fsp3) is 0.458. The number of nitrogens with one attached hydrogen (secondary N) is 1. The fourth-order valence-electron chi connectivity index (χ4n) is 3.64. The van der Waals surface area contributed by atoms with Crippen molar-refractivity contribution in [2.45, 2.75) is 44.9 Å². The van der Waals surface area contributed by atoms with E-state index in [4.69, 9.17) is 10.5 Å². The fourth-order valence-corrected chi connectivity index (χ4v) is 3.64. The number of hydrogen-bond donors (Lipinski definition) is 2. The van der Waals surface area contributed by atoms with Gasteiger partial charge in [0, 0.05) is 32.2 Å². The van der Waals surface area contributed by atoms with Crippen LogP contribution in [0.5, 0.6) is 0 Å². The van der Waals surface area contributed by atoms with Crippen LogP contribution >= 0.6 is 0 Å². The van der Waals surface area contributed by atoms with Crippen LogP contribution in [0.4, 0.5) is 0 Å². The molecule has 2 unspecified atom stereocenters. The normalized spacial score (nSPS) is 18.6. The zero-order chi connectivity index (χ0) is 20.6. The number of benzene rings is 2. The molecule has 1 fully saturated rings. The van der Waals surface area contributed by atoms with Crippen LogP contribution in [0, 0.1) is 0 Å². The van der Waals surface area contributed by atoms with E-state index < -0.39 is 0 Å². The second kappa shape index (κ2) is 10.5. The predicted octanol–water partition coefficient (Wildman–Crippen LogP) is 3.22. The third kappa shape index (κ3) is 6.67. The summed E-state index contributed by atoms with van der Waals surface area (Å²) in [6, 6.07) is 18.5. The highest BCUT2D eigenvalue weighted by Crippen LogP contribution is 2.17. The van der Waals surface area contributed by atoms with Gasteiger partial charge in [0.1, 0.15) is 0 Å². The van der Waals surface area contributed by atoms with Gasteiger partial charge in [-0.2, -0.15) is 0 Å².